The number of nitrogens with zero attached hydrogens (tertiary/aromatic N) is 1. The van der Waals surface area contributed by atoms with Gasteiger partial charge in [-0.05, 0) is 36.4 Å². The first-order valence-electron chi connectivity index (χ1n) is 5.30. The molecule has 0 spiro atoms. The van der Waals surface area contributed by atoms with Crippen molar-refractivity contribution in [2.75, 3.05) is 18.4 Å². The SMILES string of the molecule is O=C(c1ccoc1Cl)N1CCCC(CBr)C1. The zero-order valence-corrected chi connectivity index (χ0v) is 11.1. The van der Waals surface area contributed by atoms with Crippen LogP contribution in [0.15, 0.2) is 16.7 Å². The van der Waals surface area contributed by atoms with Crippen LogP contribution < -0.4 is 0 Å². The van der Waals surface area contributed by atoms with E-state index in [1.165, 1.54) is 12.7 Å². The summed E-state index contributed by atoms with van der Waals surface area (Å²) in [6, 6.07) is 1.63. The van der Waals surface area contributed by atoms with Crippen molar-refractivity contribution in [1.82, 2.24) is 4.90 Å². The number of halogens is 2. The van der Waals surface area contributed by atoms with Crippen LogP contribution in [0.2, 0.25) is 5.22 Å². The van der Waals surface area contributed by atoms with E-state index in [4.69, 9.17) is 16.0 Å². The molecule has 0 saturated carbocycles. The topological polar surface area (TPSA) is 33.5 Å². The summed E-state index contributed by atoms with van der Waals surface area (Å²) >= 11 is 9.27. The van der Waals surface area contributed by atoms with E-state index in [0.717, 1.165) is 24.8 Å². The first-order valence-corrected chi connectivity index (χ1v) is 6.80. The molecule has 2 heterocycles. The number of furan rings is 1. The minimum atomic E-state index is -0.0237. The first-order chi connectivity index (χ1) is 7.72. The second-order valence-electron chi connectivity index (χ2n) is 4.02. The lowest BCUT2D eigenvalue weighted by Gasteiger charge is -2.31. The van der Waals surface area contributed by atoms with Gasteiger partial charge in [-0.25, -0.2) is 0 Å². The van der Waals surface area contributed by atoms with E-state index in [1.54, 1.807) is 6.07 Å². The molecule has 1 fully saturated rings. The van der Waals surface area contributed by atoms with Crippen molar-refractivity contribution in [3.63, 3.8) is 0 Å². The Hall–Kier alpha value is -0.480. The van der Waals surface area contributed by atoms with E-state index < -0.39 is 0 Å². The van der Waals surface area contributed by atoms with E-state index in [-0.39, 0.29) is 11.1 Å². The van der Waals surface area contributed by atoms with Crippen LogP contribution in [-0.4, -0.2) is 29.2 Å². The molecule has 1 amide bonds. The zero-order chi connectivity index (χ0) is 11.5. The Labute approximate surface area is 108 Å². The van der Waals surface area contributed by atoms with Crippen LogP contribution in [0, 0.1) is 5.92 Å². The number of carbonyl (C=O) groups is 1. The Morgan fingerprint density at radius 2 is 2.50 bits per heavy atom. The monoisotopic (exact) mass is 305 g/mol. The smallest absolute Gasteiger partial charge is 0.258 e. The summed E-state index contributed by atoms with van der Waals surface area (Å²) in [4.78, 5) is 14.0. The van der Waals surface area contributed by atoms with Crippen LogP contribution in [0.5, 0.6) is 0 Å². The highest BCUT2D eigenvalue weighted by molar-refractivity contribution is 9.09. The van der Waals surface area contributed by atoms with Gasteiger partial charge in [-0.15, -0.1) is 0 Å². The van der Waals surface area contributed by atoms with Gasteiger partial charge in [0.25, 0.3) is 5.91 Å². The molecule has 1 aromatic heterocycles. The van der Waals surface area contributed by atoms with Crippen LogP contribution in [0.1, 0.15) is 23.2 Å². The highest BCUT2D eigenvalue weighted by Gasteiger charge is 2.25. The number of amides is 1. The largest absolute Gasteiger partial charge is 0.452 e. The molecule has 1 saturated heterocycles. The second-order valence-corrected chi connectivity index (χ2v) is 5.01. The van der Waals surface area contributed by atoms with E-state index in [0.29, 0.717) is 11.5 Å². The van der Waals surface area contributed by atoms with Crippen molar-refractivity contribution in [3.8, 4) is 0 Å². The highest BCUT2D eigenvalue weighted by atomic mass is 79.9. The molecule has 0 aromatic carbocycles. The van der Waals surface area contributed by atoms with Crippen LogP contribution >= 0.6 is 27.5 Å². The van der Waals surface area contributed by atoms with Crippen molar-refractivity contribution >= 4 is 33.4 Å². The third kappa shape index (κ3) is 2.43. The van der Waals surface area contributed by atoms with Gasteiger partial charge in [0.15, 0.2) is 0 Å². The maximum absolute atomic E-state index is 12.1. The predicted molar refractivity (Wildman–Crippen MR) is 66.1 cm³/mol. The van der Waals surface area contributed by atoms with Crippen molar-refractivity contribution in [2.24, 2.45) is 5.92 Å². The lowest BCUT2D eigenvalue weighted by atomic mass is 10.00. The average Bonchev–Trinajstić information content (AvgIpc) is 2.74. The zero-order valence-electron chi connectivity index (χ0n) is 8.79. The molecule has 1 aliphatic rings. The summed E-state index contributed by atoms with van der Waals surface area (Å²) < 4.78 is 4.94. The average molecular weight is 307 g/mol. The molecule has 2 rings (SSSR count). The standard InChI is InChI=1S/C11H13BrClNO2/c12-6-8-2-1-4-14(7-8)11(15)9-3-5-16-10(9)13/h3,5,8H,1-2,4,6-7H2. The van der Waals surface area contributed by atoms with Gasteiger partial charge < -0.3 is 9.32 Å². The lowest BCUT2D eigenvalue weighted by Crippen LogP contribution is -2.40. The van der Waals surface area contributed by atoms with E-state index in [9.17, 15) is 4.79 Å². The summed E-state index contributed by atoms with van der Waals surface area (Å²) in [5.41, 5.74) is 0.469. The second kappa shape index (κ2) is 5.23. The van der Waals surface area contributed by atoms with Gasteiger partial charge in [0.2, 0.25) is 5.22 Å². The van der Waals surface area contributed by atoms with Crippen LogP contribution in [-0.2, 0) is 0 Å². The third-order valence-electron chi connectivity index (χ3n) is 2.87. The van der Waals surface area contributed by atoms with Crippen molar-refractivity contribution in [1.29, 1.82) is 0 Å². The summed E-state index contributed by atoms with van der Waals surface area (Å²) in [5.74, 6) is 0.521. The summed E-state index contributed by atoms with van der Waals surface area (Å²) in [7, 11) is 0. The first kappa shape index (κ1) is 12.0. The summed E-state index contributed by atoms with van der Waals surface area (Å²) in [6.07, 6.45) is 3.67. The fourth-order valence-electron chi connectivity index (χ4n) is 1.99. The van der Waals surface area contributed by atoms with Gasteiger partial charge in [0, 0.05) is 18.4 Å². The molecule has 1 aromatic rings. The Bertz CT molecular complexity index is 380. The number of piperidine rings is 1. The lowest BCUT2D eigenvalue weighted by molar-refractivity contribution is 0.0685. The van der Waals surface area contributed by atoms with Crippen molar-refractivity contribution in [2.45, 2.75) is 12.8 Å². The van der Waals surface area contributed by atoms with Gasteiger partial charge in [0.1, 0.15) is 0 Å². The maximum atomic E-state index is 12.1. The quantitative estimate of drug-likeness (QED) is 0.786. The molecule has 16 heavy (non-hydrogen) atoms. The number of hydrogen-bond donors (Lipinski definition) is 0. The molecule has 0 N–H and O–H groups in total. The minimum absolute atomic E-state index is 0.0237. The molecule has 3 nitrogen and oxygen atoms in total. The Kier molecular flexibility index (Phi) is 3.92. The van der Waals surface area contributed by atoms with Crippen molar-refractivity contribution < 1.29 is 9.21 Å². The molecule has 88 valence electrons. The number of alkyl halides is 1. The molecule has 0 bridgehead atoms. The van der Waals surface area contributed by atoms with Gasteiger partial charge in [-0.2, -0.15) is 0 Å². The predicted octanol–water partition coefficient (Wildman–Crippen LogP) is 3.18. The number of rotatable bonds is 2. The molecule has 0 radical (unpaired) electrons. The third-order valence-corrected chi connectivity index (χ3v) is 4.08. The van der Waals surface area contributed by atoms with Crippen LogP contribution in [0.25, 0.3) is 0 Å². The Morgan fingerprint density at radius 1 is 1.69 bits per heavy atom. The van der Waals surface area contributed by atoms with Crippen LogP contribution in [0.3, 0.4) is 0 Å². The maximum Gasteiger partial charge on any atom is 0.258 e. The normalized spacial score (nSPS) is 21.1. The fraction of sp³-hybridized carbons (Fsp3) is 0.545. The van der Waals surface area contributed by atoms with E-state index in [2.05, 4.69) is 15.9 Å². The van der Waals surface area contributed by atoms with E-state index >= 15 is 0 Å². The number of hydrogen-bond acceptors (Lipinski definition) is 2. The molecule has 0 aliphatic carbocycles. The molecular weight excluding hydrogens is 293 g/mol. The number of carbonyl (C=O) groups excluding carboxylic acids is 1. The molecule has 5 heteroatoms. The Balaban J connectivity index is 2.07. The van der Waals surface area contributed by atoms with Crippen LogP contribution in [0.4, 0.5) is 0 Å². The van der Waals surface area contributed by atoms with Crippen molar-refractivity contribution in [3.05, 3.63) is 23.1 Å². The molecule has 1 atom stereocenters. The molecular formula is C11H13BrClNO2. The number of likely N-dealkylation sites (tertiary alicyclic amines) is 1. The minimum Gasteiger partial charge on any atom is -0.452 e. The summed E-state index contributed by atoms with van der Waals surface area (Å²) in [6.45, 7) is 1.61. The van der Waals surface area contributed by atoms with E-state index in [1.807, 2.05) is 4.90 Å². The molecule has 1 unspecified atom stereocenters. The van der Waals surface area contributed by atoms with Gasteiger partial charge in [-0.3, -0.25) is 4.79 Å². The molecule has 1 aliphatic heterocycles. The van der Waals surface area contributed by atoms with Gasteiger partial charge in [0.05, 0.1) is 11.8 Å². The fourth-order valence-corrected chi connectivity index (χ4v) is 2.72. The summed E-state index contributed by atoms with van der Waals surface area (Å²) in [5, 5.41) is 1.13. The Morgan fingerprint density at radius 3 is 3.12 bits per heavy atom. The highest BCUT2D eigenvalue weighted by Crippen LogP contribution is 2.23. The van der Waals surface area contributed by atoms with Gasteiger partial charge >= 0.3 is 0 Å². The van der Waals surface area contributed by atoms with Gasteiger partial charge in [-0.1, -0.05) is 15.9 Å².